The summed E-state index contributed by atoms with van der Waals surface area (Å²) in [6, 6.07) is 6.05. The van der Waals surface area contributed by atoms with Crippen molar-refractivity contribution in [2.75, 3.05) is 6.54 Å². The minimum Gasteiger partial charge on any atom is -0.481 e. The number of carbonyl (C=O) groups excluding carboxylic acids is 2. The molecule has 3 N–H and O–H groups in total. The van der Waals surface area contributed by atoms with Crippen LogP contribution in [0.3, 0.4) is 0 Å². The molecule has 2 rings (SSSR count). The molecule has 6 heteroatoms. The van der Waals surface area contributed by atoms with Crippen molar-refractivity contribution < 1.29 is 19.5 Å². The van der Waals surface area contributed by atoms with Crippen molar-refractivity contribution >= 4 is 17.8 Å². The number of hydrogen-bond acceptors (Lipinski definition) is 3. The fraction of sp³-hybridized carbons (Fsp3) is 0.400. The summed E-state index contributed by atoms with van der Waals surface area (Å²) in [5, 5.41) is 9.03. The molecule has 1 fully saturated rings. The first-order chi connectivity index (χ1) is 9.90. The first kappa shape index (κ1) is 15.0. The molecule has 0 bridgehead atoms. The summed E-state index contributed by atoms with van der Waals surface area (Å²) in [5.74, 6) is -1.88. The first-order valence-electron chi connectivity index (χ1n) is 6.83. The summed E-state index contributed by atoms with van der Waals surface area (Å²) in [6.45, 7) is 2.28. The smallest absolute Gasteiger partial charge is 0.306 e. The average Bonchev–Trinajstić information content (AvgIpc) is 2.46. The standard InChI is InChI=1S/C15H18N2O4/c1-9-8-12(15(20)21)6-7-17(9)14(19)11-4-2-10(3-5-11)13(16)18/h2-5,9,12H,6-8H2,1H3,(H2,16,18)(H,20,21). The van der Waals surface area contributed by atoms with Crippen molar-refractivity contribution in [2.45, 2.75) is 25.8 Å². The maximum atomic E-state index is 12.4. The molecule has 0 radical (unpaired) electrons. The van der Waals surface area contributed by atoms with Crippen LogP contribution >= 0.6 is 0 Å². The molecule has 2 atom stereocenters. The number of hydrogen-bond donors (Lipinski definition) is 2. The lowest BCUT2D eigenvalue weighted by Gasteiger charge is -2.36. The Labute approximate surface area is 122 Å². The molecule has 0 spiro atoms. The first-order valence-corrected chi connectivity index (χ1v) is 6.83. The van der Waals surface area contributed by atoms with Gasteiger partial charge in [-0.3, -0.25) is 14.4 Å². The van der Waals surface area contributed by atoms with E-state index in [0.717, 1.165) is 0 Å². The maximum Gasteiger partial charge on any atom is 0.306 e. The van der Waals surface area contributed by atoms with Crippen molar-refractivity contribution in [1.29, 1.82) is 0 Å². The Morgan fingerprint density at radius 1 is 1.19 bits per heavy atom. The lowest BCUT2D eigenvalue weighted by atomic mass is 9.91. The Kier molecular flexibility index (Phi) is 4.26. The Bertz CT molecular complexity index is 568. The van der Waals surface area contributed by atoms with Crippen LogP contribution in [0, 0.1) is 5.92 Å². The molecular weight excluding hydrogens is 272 g/mol. The lowest BCUT2D eigenvalue weighted by molar-refractivity contribution is -0.143. The van der Waals surface area contributed by atoms with Gasteiger partial charge in [0, 0.05) is 23.7 Å². The highest BCUT2D eigenvalue weighted by Gasteiger charge is 2.32. The van der Waals surface area contributed by atoms with Crippen LogP contribution in [0.2, 0.25) is 0 Å². The highest BCUT2D eigenvalue weighted by molar-refractivity contribution is 5.97. The third-order valence-corrected chi connectivity index (χ3v) is 3.90. The van der Waals surface area contributed by atoms with Gasteiger partial charge in [0.2, 0.25) is 5.91 Å². The van der Waals surface area contributed by atoms with Gasteiger partial charge in [-0.1, -0.05) is 0 Å². The van der Waals surface area contributed by atoms with Gasteiger partial charge in [0.1, 0.15) is 0 Å². The number of carbonyl (C=O) groups is 3. The van der Waals surface area contributed by atoms with Gasteiger partial charge in [-0.05, 0) is 44.0 Å². The summed E-state index contributed by atoms with van der Waals surface area (Å²) < 4.78 is 0. The van der Waals surface area contributed by atoms with E-state index in [9.17, 15) is 14.4 Å². The number of likely N-dealkylation sites (tertiary alicyclic amines) is 1. The molecule has 2 amide bonds. The monoisotopic (exact) mass is 290 g/mol. The number of piperidine rings is 1. The van der Waals surface area contributed by atoms with E-state index in [1.165, 1.54) is 12.1 Å². The number of aliphatic carboxylic acids is 1. The van der Waals surface area contributed by atoms with E-state index in [1.807, 2.05) is 6.92 Å². The molecule has 6 nitrogen and oxygen atoms in total. The van der Waals surface area contributed by atoms with E-state index in [-0.39, 0.29) is 17.9 Å². The molecule has 1 aliphatic rings. The molecule has 0 saturated carbocycles. The normalized spacial score (nSPS) is 21.9. The zero-order valence-electron chi connectivity index (χ0n) is 11.8. The van der Waals surface area contributed by atoms with E-state index < -0.39 is 11.9 Å². The van der Waals surface area contributed by atoms with Crippen LogP contribution in [-0.4, -0.2) is 40.4 Å². The lowest BCUT2D eigenvalue weighted by Crippen LogP contribution is -2.46. The van der Waals surface area contributed by atoms with Gasteiger partial charge in [-0.25, -0.2) is 0 Å². The summed E-state index contributed by atoms with van der Waals surface area (Å²) >= 11 is 0. The van der Waals surface area contributed by atoms with Gasteiger partial charge in [-0.2, -0.15) is 0 Å². The second kappa shape index (κ2) is 5.95. The Balaban J connectivity index is 2.10. The Morgan fingerprint density at radius 2 is 1.76 bits per heavy atom. The van der Waals surface area contributed by atoms with E-state index in [1.54, 1.807) is 17.0 Å². The topological polar surface area (TPSA) is 101 Å². The number of carboxylic acid groups (broad SMARTS) is 1. The molecular formula is C15H18N2O4. The predicted octanol–water partition coefficient (Wildman–Crippen LogP) is 1.11. The molecule has 0 aliphatic carbocycles. The van der Waals surface area contributed by atoms with Crippen LogP contribution in [-0.2, 0) is 4.79 Å². The highest BCUT2D eigenvalue weighted by atomic mass is 16.4. The fourth-order valence-electron chi connectivity index (χ4n) is 2.64. The van der Waals surface area contributed by atoms with E-state index in [4.69, 9.17) is 10.8 Å². The molecule has 1 aromatic rings. The summed E-state index contributed by atoms with van der Waals surface area (Å²) in [6.07, 6.45) is 0.922. The zero-order chi connectivity index (χ0) is 15.6. The molecule has 21 heavy (non-hydrogen) atoms. The number of benzene rings is 1. The van der Waals surface area contributed by atoms with Crippen LogP contribution in [0.5, 0.6) is 0 Å². The molecule has 1 saturated heterocycles. The number of amides is 2. The van der Waals surface area contributed by atoms with Gasteiger partial charge in [0.15, 0.2) is 0 Å². The van der Waals surface area contributed by atoms with Crippen molar-refractivity contribution in [3.63, 3.8) is 0 Å². The van der Waals surface area contributed by atoms with Gasteiger partial charge >= 0.3 is 5.97 Å². The van der Waals surface area contributed by atoms with E-state index in [2.05, 4.69) is 0 Å². The minimum atomic E-state index is -0.806. The average molecular weight is 290 g/mol. The van der Waals surface area contributed by atoms with Gasteiger partial charge in [0.25, 0.3) is 5.91 Å². The fourth-order valence-corrected chi connectivity index (χ4v) is 2.64. The van der Waals surface area contributed by atoms with E-state index >= 15 is 0 Å². The molecule has 1 aliphatic heterocycles. The van der Waals surface area contributed by atoms with Crippen molar-refractivity contribution in [3.8, 4) is 0 Å². The van der Waals surface area contributed by atoms with Crippen molar-refractivity contribution in [2.24, 2.45) is 11.7 Å². The number of nitrogens with zero attached hydrogens (tertiary/aromatic N) is 1. The molecule has 0 aromatic heterocycles. The van der Waals surface area contributed by atoms with Crippen molar-refractivity contribution in [3.05, 3.63) is 35.4 Å². The van der Waals surface area contributed by atoms with Crippen LogP contribution in [0.25, 0.3) is 0 Å². The van der Waals surface area contributed by atoms with Crippen LogP contribution in [0.4, 0.5) is 0 Å². The third kappa shape index (κ3) is 3.21. The predicted molar refractivity (Wildman–Crippen MR) is 75.8 cm³/mol. The van der Waals surface area contributed by atoms with E-state index in [0.29, 0.717) is 30.5 Å². The molecule has 112 valence electrons. The largest absolute Gasteiger partial charge is 0.481 e. The Hall–Kier alpha value is -2.37. The summed E-state index contributed by atoms with van der Waals surface area (Å²) in [4.78, 5) is 36.1. The molecule has 1 heterocycles. The second-order valence-electron chi connectivity index (χ2n) is 5.35. The van der Waals surface area contributed by atoms with Crippen LogP contribution < -0.4 is 5.73 Å². The number of rotatable bonds is 3. The van der Waals surface area contributed by atoms with Gasteiger partial charge in [-0.15, -0.1) is 0 Å². The molecule has 2 unspecified atom stereocenters. The van der Waals surface area contributed by atoms with Gasteiger partial charge in [0.05, 0.1) is 5.92 Å². The molecule has 1 aromatic carbocycles. The maximum absolute atomic E-state index is 12.4. The third-order valence-electron chi connectivity index (χ3n) is 3.90. The quantitative estimate of drug-likeness (QED) is 0.870. The SMILES string of the molecule is CC1CC(C(=O)O)CCN1C(=O)c1ccc(C(N)=O)cc1. The Morgan fingerprint density at radius 3 is 2.24 bits per heavy atom. The van der Waals surface area contributed by atoms with Gasteiger partial charge < -0.3 is 15.7 Å². The number of nitrogens with two attached hydrogens (primary N) is 1. The zero-order valence-corrected chi connectivity index (χ0v) is 11.8. The number of carboxylic acids is 1. The second-order valence-corrected chi connectivity index (χ2v) is 5.35. The number of primary amides is 1. The van der Waals surface area contributed by atoms with Crippen molar-refractivity contribution in [1.82, 2.24) is 4.90 Å². The van der Waals surface area contributed by atoms with Crippen LogP contribution in [0.15, 0.2) is 24.3 Å². The van der Waals surface area contributed by atoms with Crippen LogP contribution in [0.1, 0.15) is 40.5 Å². The summed E-state index contributed by atoms with van der Waals surface area (Å²) in [7, 11) is 0. The minimum absolute atomic E-state index is 0.122. The summed E-state index contributed by atoms with van der Waals surface area (Å²) in [5.41, 5.74) is 5.98. The highest BCUT2D eigenvalue weighted by Crippen LogP contribution is 2.24.